The molecule has 2 rings (SSSR count). The second kappa shape index (κ2) is 4.54. The summed E-state index contributed by atoms with van der Waals surface area (Å²) in [5.74, 6) is 0. The second-order valence-corrected chi connectivity index (χ2v) is 2.85. The molecule has 0 bridgehead atoms. The van der Waals surface area contributed by atoms with Crippen molar-refractivity contribution < 1.29 is 52.8 Å². The minimum absolute atomic E-state index is 0. The van der Waals surface area contributed by atoms with Crippen LogP contribution in [-0.4, -0.2) is 0 Å². The summed E-state index contributed by atoms with van der Waals surface area (Å²) in [4.78, 5) is 0. The first kappa shape index (κ1) is 10.4. The molecule has 2 aromatic rings. The molecule has 0 saturated carbocycles. The molecule has 12 heavy (non-hydrogen) atoms. The molecule has 0 nitrogen and oxygen atoms in total. The first-order chi connectivity index (χ1) is 5.36. The average molecular weight is 182 g/mol. The third kappa shape index (κ3) is 2.18. The number of rotatable bonds is 0. The van der Waals surface area contributed by atoms with Crippen LogP contribution >= 0.6 is 0 Å². The van der Waals surface area contributed by atoms with E-state index in [0.717, 1.165) is 0 Å². The van der Waals surface area contributed by atoms with Crippen LogP contribution in [0.1, 0.15) is 6.99 Å². The van der Waals surface area contributed by atoms with Gasteiger partial charge in [0, 0.05) is 0 Å². The predicted molar refractivity (Wildman–Crippen MR) is 49.8 cm³/mol. The van der Waals surface area contributed by atoms with Crippen LogP contribution in [0, 0.1) is 6.92 Å². The zero-order valence-electron chi connectivity index (χ0n) is 8.54. The largest absolute Gasteiger partial charge is 1.00 e. The molecule has 0 atom stereocenters. The van der Waals surface area contributed by atoms with Crippen LogP contribution in [-0.2, 0) is 0 Å². The Hall–Kier alpha value is 0.336. The summed E-state index contributed by atoms with van der Waals surface area (Å²) >= 11 is 0. The van der Waals surface area contributed by atoms with Gasteiger partial charge >= 0.3 is 51.4 Å². The van der Waals surface area contributed by atoms with E-state index in [1.165, 1.54) is 16.3 Å². The van der Waals surface area contributed by atoms with Crippen LogP contribution < -0.4 is 51.4 Å². The summed E-state index contributed by atoms with van der Waals surface area (Å²) in [7, 11) is 0. The summed E-state index contributed by atoms with van der Waals surface area (Å²) in [6.45, 7) is 2.12. The monoisotopic (exact) mass is 182 g/mol. The van der Waals surface area contributed by atoms with E-state index in [1.54, 1.807) is 0 Å². The van der Waals surface area contributed by atoms with Gasteiger partial charge in [0.2, 0.25) is 0 Å². The fraction of sp³-hybridized carbons (Fsp3) is 0.0909. The topological polar surface area (TPSA) is 0 Å². The van der Waals surface area contributed by atoms with Crippen molar-refractivity contribution in [1.29, 1.82) is 0 Å². The fourth-order valence-electron chi connectivity index (χ4n) is 1.31. The molecule has 56 valence electrons. The van der Waals surface area contributed by atoms with Crippen LogP contribution in [0.5, 0.6) is 0 Å². The molecular weight excluding hydrogens is 171 g/mol. The Morgan fingerprint density at radius 3 is 2.33 bits per heavy atom. The fourth-order valence-corrected chi connectivity index (χ4v) is 1.31. The molecule has 0 saturated heterocycles. The number of aryl methyl sites for hydroxylation is 1. The van der Waals surface area contributed by atoms with E-state index >= 15 is 0 Å². The van der Waals surface area contributed by atoms with Crippen molar-refractivity contribution in [2.24, 2.45) is 0 Å². The summed E-state index contributed by atoms with van der Waals surface area (Å²) in [5.41, 5.74) is 1.32. The van der Waals surface area contributed by atoms with Crippen LogP contribution in [0.4, 0.5) is 0 Å². The molecule has 0 unspecified atom stereocenters. The van der Waals surface area contributed by atoms with Gasteiger partial charge in [0.25, 0.3) is 0 Å². The van der Waals surface area contributed by atoms with Crippen molar-refractivity contribution in [1.82, 2.24) is 0 Å². The standard InChI is InChI=1S/C11H10.K.H/c1-9-6-7-10-4-2-3-5-11(10)8-9;;/h2-8H,1H3;;/q;+1;-1. The van der Waals surface area contributed by atoms with Gasteiger partial charge in [0.15, 0.2) is 0 Å². The summed E-state index contributed by atoms with van der Waals surface area (Å²) in [5, 5.41) is 2.64. The SMILES string of the molecule is Cc1ccc2ccccc2c1.[H-].[K+]. The zero-order valence-corrected chi connectivity index (χ0v) is 10.7. The molecule has 2 aromatic carbocycles. The van der Waals surface area contributed by atoms with Crippen LogP contribution in [0.3, 0.4) is 0 Å². The van der Waals surface area contributed by atoms with E-state index in [4.69, 9.17) is 0 Å². The Morgan fingerprint density at radius 1 is 0.917 bits per heavy atom. The first-order valence-electron chi connectivity index (χ1n) is 3.82. The third-order valence-electron chi connectivity index (χ3n) is 1.90. The van der Waals surface area contributed by atoms with Gasteiger partial charge in [-0.3, -0.25) is 0 Å². The van der Waals surface area contributed by atoms with Crippen molar-refractivity contribution in [2.45, 2.75) is 6.92 Å². The van der Waals surface area contributed by atoms with E-state index in [-0.39, 0.29) is 52.8 Å². The number of hydrogen-bond acceptors (Lipinski definition) is 0. The quantitative estimate of drug-likeness (QED) is 0.513. The number of benzene rings is 2. The predicted octanol–water partition coefficient (Wildman–Crippen LogP) is 0.265. The molecule has 1 heteroatoms. The smallest absolute Gasteiger partial charge is 1.00 e. The van der Waals surface area contributed by atoms with Gasteiger partial charge in [-0.25, -0.2) is 0 Å². The second-order valence-electron chi connectivity index (χ2n) is 2.85. The van der Waals surface area contributed by atoms with Crippen molar-refractivity contribution in [3.8, 4) is 0 Å². The maximum Gasteiger partial charge on any atom is 1.00 e. The first-order valence-corrected chi connectivity index (χ1v) is 3.82. The number of hydrogen-bond donors (Lipinski definition) is 0. The van der Waals surface area contributed by atoms with Crippen molar-refractivity contribution in [3.63, 3.8) is 0 Å². The minimum atomic E-state index is 0. The van der Waals surface area contributed by atoms with Gasteiger partial charge in [-0.15, -0.1) is 0 Å². The molecule has 0 radical (unpaired) electrons. The normalized spacial score (nSPS) is 9.42. The van der Waals surface area contributed by atoms with Gasteiger partial charge in [0.1, 0.15) is 0 Å². The van der Waals surface area contributed by atoms with E-state index < -0.39 is 0 Å². The molecule has 0 spiro atoms. The van der Waals surface area contributed by atoms with Gasteiger partial charge in [0.05, 0.1) is 0 Å². The molecule has 0 aliphatic heterocycles. The van der Waals surface area contributed by atoms with Crippen molar-refractivity contribution >= 4 is 10.8 Å². The van der Waals surface area contributed by atoms with Gasteiger partial charge < -0.3 is 1.43 Å². The van der Waals surface area contributed by atoms with Crippen molar-refractivity contribution in [2.75, 3.05) is 0 Å². The van der Waals surface area contributed by atoms with E-state index in [1.807, 2.05) is 0 Å². The maximum absolute atomic E-state index is 2.20. The minimum Gasteiger partial charge on any atom is -1.00 e. The summed E-state index contributed by atoms with van der Waals surface area (Å²) < 4.78 is 0. The molecule has 0 aliphatic carbocycles. The van der Waals surface area contributed by atoms with Gasteiger partial charge in [-0.2, -0.15) is 0 Å². The van der Waals surface area contributed by atoms with E-state index in [9.17, 15) is 0 Å². The average Bonchev–Trinajstić information content (AvgIpc) is 2.04. The molecule has 0 N–H and O–H groups in total. The van der Waals surface area contributed by atoms with Crippen LogP contribution in [0.2, 0.25) is 0 Å². The van der Waals surface area contributed by atoms with E-state index in [0.29, 0.717) is 0 Å². The molecule has 0 aromatic heterocycles. The third-order valence-corrected chi connectivity index (χ3v) is 1.90. The maximum atomic E-state index is 2.20. The Morgan fingerprint density at radius 2 is 1.58 bits per heavy atom. The molecule has 0 heterocycles. The van der Waals surface area contributed by atoms with E-state index in [2.05, 4.69) is 49.4 Å². The van der Waals surface area contributed by atoms with Crippen molar-refractivity contribution in [3.05, 3.63) is 48.0 Å². The van der Waals surface area contributed by atoms with Gasteiger partial charge in [-0.1, -0.05) is 48.0 Å². The molecular formula is C11H11K. The molecule has 0 aliphatic rings. The number of fused-ring (bicyclic) bond motifs is 1. The molecule has 0 fully saturated rings. The van der Waals surface area contributed by atoms with Crippen LogP contribution in [0.25, 0.3) is 10.8 Å². The summed E-state index contributed by atoms with van der Waals surface area (Å²) in [6, 6.07) is 14.9. The van der Waals surface area contributed by atoms with Crippen LogP contribution in [0.15, 0.2) is 42.5 Å². The van der Waals surface area contributed by atoms with Gasteiger partial charge in [-0.05, 0) is 17.7 Å². The zero-order chi connectivity index (χ0) is 7.68. The Kier molecular flexibility index (Phi) is 3.94. The Labute approximate surface area is 117 Å². The Bertz CT molecular complexity index is 385. The Balaban J connectivity index is 0.000000720. The molecule has 0 amide bonds. The summed E-state index contributed by atoms with van der Waals surface area (Å²) in [6.07, 6.45) is 0.